The van der Waals surface area contributed by atoms with Crippen molar-refractivity contribution in [1.82, 2.24) is 0 Å². The third kappa shape index (κ3) is 45.2. The molecular weight excluding hydrogens is 723 g/mol. The summed E-state index contributed by atoms with van der Waals surface area (Å²) in [5, 5.41) is 0. The van der Waals surface area contributed by atoms with Crippen molar-refractivity contribution in [1.29, 1.82) is 0 Å². The van der Waals surface area contributed by atoms with E-state index in [0.29, 0.717) is 6.42 Å². The van der Waals surface area contributed by atoms with E-state index in [4.69, 9.17) is 19.3 Å². The summed E-state index contributed by atoms with van der Waals surface area (Å²) in [5.74, 6) is -0.888. The highest BCUT2D eigenvalue weighted by molar-refractivity contribution is 7.46. The summed E-state index contributed by atoms with van der Waals surface area (Å²) in [6, 6.07) is 0. The number of phosphoric ester groups is 1. The van der Waals surface area contributed by atoms with Gasteiger partial charge in [0.25, 0.3) is 0 Å². The molecule has 0 aliphatic rings. The Balaban J connectivity index is 3.82. The van der Waals surface area contributed by atoms with Gasteiger partial charge in [-0.15, -0.1) is 0 Å². The molecule has 0 radical (unpaired) electrons. The topological polar surface area (TPSA) is 119 Å². The van der Waals surface area contributed by atoms with E-state index in [-0.39, 0.29) is 19.4 Å². The molecule has 0 fully saturated rings. The molecule has 56 heavy (non-hydrogen) atoms. The number of esters is 2. The molecule has 0 aromatic carbocycles. The van der Waals surface area contributed by atoms with Crippen molar-refractivity contribution < 1.29 is 37.9 Å². The Kier molecular flexibility index (Phi) is 42.0. The van der Waals surface area contributed by atoms with Crippen molar-refractivity contribution in [3.63, 3.8) is 0 Å². The van der Waals surface area contributed by atoms with Crippen LogP contribution in [0.1, 0.15) is 245 Å². The van der Waals surface area contributed by atoms with E-state index in [1.54, 1.807) is 0 Å². The molecule has 0 saturated carbocycles. The molecule has 330 valence electrons. The average Bonchev–Trinajstić information content (AvgIpc) is 3.17. The van der Waals surface area contributed by atoms with Crippen LogP contribution in [0.3, 0.4) is 0 Å². The van der Waals surface area contributed by atoms with Gasteiger partial charge in [-0.05, 0) is 44.9 Å². The van der Waals surface area contributed by atoms with E-state index in [0.717, 1.165) is 57.8 Å². The molecule has 0 bridgehead atoms. The molecule has 0 aromatic heterocycles. The fourth-order valence-corrected chi connectivity index (χ4v) is 7.30. The molecule has 9 heteroatoms. The third-order valence-electron chi connectivity index (χ3n) is 10.5. The van der Waals surface area contributed by atoms with Crippen LogP contribution in [0, 0.1) is 0 Å². The lowest BCUT2D eigenvalue weighted by Gasteiger charge is -2.18. The van der Waals surface area contributed by atoms with Gasteiger partial charge < -0.3 is 19.3 Å². The van der Waals surface area contributed by atoms with Gasteiger partial charge >= 0.3 is 19.8 Å². The highest BCUT2D eigenvalue weighted by Crippen LogP contribution is 2.36. The second-order valence-electron chi connectivity index (χ2n) is 16.1. The zero-order valence-corrected chi connectivity index (χ0v) is 37.4. The summed E-state index contributed by atoms with van der Waals surface area (Å²) in [6.45, 7) is 3.69. The van der Waals surface area contributed by atoms with Gasteiger partial charge in [-0.2, -0.15) is 0 Å². The second kappa shape index (κ2) is 43.1. The van der Waals surface area contributed by atoms with E-state index in [2.05, 4.69) is 42.7 Å². The summed E-state index contributed by atoms with van der Waals surface area (Å²) in [5.41, 5.74) is 0. The van der Waals surface area contributed by atoms with Gasteiger partial charge in [0, 0.05) is 12.8 Å². The van der Waals surface area contributed by atoms with Crippen molar-refractivity contribution in [3.8, 4) is 0 Å². The minimum absolute atomic E-state index is 0.199. The Labute approximate surface area is 345 Å². The molecule has 0 aromatic rings. The zero-order valence-electron chi connectivity index (χ0n) is 36.5. The van der Waals surface area contributed by atoms with Crippen molar-refractivity contribution in [3.05, 3.63) is 24.3 Å². The fourth-order valence-electron chi connectivity index (χ4n) is 6.93. The number of allylic oxidation sites excluding steroid dienone is 4. The SMILES string of the molecule is CCCCCC/C=C\C/C=C\CCCCCCCC(=O)OC(COC(=O)CCCCCCCCCCCCCCCCCCCCCCCC)COP(=O)(O)O. The number of phosphoric acid groups is 1. The number of carbonyl (C=O) groups is 2. The Bertz CT molecular complexity index is 962. The molecule has 0 saturated heterocycles. The number of carbonyl (C=O) groups excluding carboxylic acids is 2. The summed E-state index contributed by atoms with van der Waals surface area (Å²) in [6.07, 6.45) is 50.5. The van der Waals surface area contributed by atoms with Crippen LogP contribution in [0.4, 0.5) is 0 Å². The van der Waals surface area contributed by atoms with Crippen LogP contribution in [0.5, 0.6) is 0 Å². The molecule has 0 amide bonds. The maximum Gasteiger partial charge on any atom is 0.469 e. The van der Waals surface area contributed by atoms with Crippen molar-refractivity contribution in [2.24, 2.45) is 0 Å². The van der Waals surface area contributed by atoms with Gasteiger partial charge in [0.05, 0.1) is 6.61 Å². The number of hydrogen-bond acceptors (Lipinski definition) is 6. The Morgan fingerprint density at radius 1 is 0.464 bits per heavy atom. The molecule has 2 N–H and O–H groups in total. The van der Waals surface area contributed by atoms with Crippen LogP contribution in [-0.4, -0.2) is 41.0 Å². The number of rotatable bonds is 44. The molecule has 0 aliphatic heterocycles. The highest BCUT2D eigenvalue weighted by atomic mass is 31.2. The maximum atomic E-state index is 12.4. The minimum Gasteiger partial charge on any atom is -0.462 e. The number of ether oxygens (including phenoxy) is 2. The first kappa shape index (κ1) is 54.5. The lowest BCUT2D eigenvalue weighted by atomic mass is 10.0. The van der Waals surface area contributed by atoms with Crippen LogP contribution in [-0.2, 0) is 28.2 Å². The van der Waals surface area contributed by atoms with Crippen LogP contribution in [0.25, 0.3) is 0 Å². The van der Waals surface area contributed by atoms with Gasteiger partial charge in [-0.1, -0.05) is 212 Å². The summed E-state index contributed by atoms with van der Waals surface area (Å²) in [4.78, 5) is 43.0. The monoisotopic (exact) mass is 813 g/mol. The summed E-state index contributed by atoms with van der Waals surface area (Å²) in [7, 11) is -4.76. The van der Waals surface area contributed by atoms with E-state index < -0.39 is 32.5 Å². The highest BCUT2D eigenvalue weighted by Gasteiger charge is 2.23. The Morgan fingerprint density at radius 2 is 0.804 bits per heavy atom. The minimum atomic E-state index is -4.76. The summed E-state index contributed by atoms with van der Waals surface area (Å²) >= 11 is 0. The van der Waals surface area contributed by atoms with Crippen molar-refractivity contribution in [2.45, 2.75) is 251 Å². The molecule has 8 nitrogen and oxygen atoms in total. The van der Waals surface area contributed by atoms with E-state index >= 15 is 0 Å². The summed E-state index contributed by atoms with van der Waals surface area (Å²) < 4.78 is 26.5. The molecule has 0 rings (SSSR count). The zero-order chi connectivity index (χ0) is 41.1. The number of hydrogen-bond donors (Lipinski definition) is 2. The number of unbranched alkanes of at least 4 members (excludes halogenated alkanes) is 30. The third-order valence-corrected chi connectivity index (χ3v) is 11.0. The molecule has 0 aliphatic carbocycles. The predicted octanol–water partition coefficient (Wildman–Crippen LogP) is 14.7. The smallest absolute Gasteiger partial charge is 0.462 e. The predicted molar refractivity (Wildman–Crippen MR) is 235 cm³/mol. The van der Waals surface area contributed by atoms with Crippen LogP contribution < -0.4 is 0 Å². The first-order chi connectivity index (χ1) is 27.3. The standard InChI is InChI=1S/C47H89O8P/c1-3-5-7-9-11-13-15-17-19-21-22-23-24-25-26-28-29-31-33-35-37-39-41-46(48)53-43-45(44-54-56(50,51)52)55-47(49)42-40-38-36-34-32-30-27-20-18-16-14-12-10-8-6-4-2/h14,16,20,27,45H,3-13,15,17-19,21-26,28-44H2,1-2H3,(H2,50,51,52)/b16-14-,27-20-. The van der Waals surface area contributed by atoms with Crippen molar-refractivity contribution >= 4 is 19.8 Å². The van der Waals surface area contributed by atoms with Gasteiger partial charge in [0.2, 0.25) is 0 Å². The van der Waals surface area contributed by atoms with Gasteiger partial charge in [0.1, 0.15) is 6.61 Å². The maximum absolute atomic E-state index is 12.4. The van der Waals surface area contributed by atoms with E-state index in [1.807, 2.05) is 0 Å². The lowest BCUT2D eigenvalue weighted by Crippen LogP contribution is -2.29. The lowest BCUT2D eigenvalue weighted by molar-refractivity contribution is -0.161. The average molecular weight is 813 g/mol. The van der Waals surface area contributed by atoms with Gasteiger partial charge in [-0.25, -0.2) is 4.57 Å². The Morgan fingerprint density at radius 3 is 1.20 bits per heavy atom. The largest absolute Gasteiger partial charge is 0.469 e. The van der Waals surface area contributed by atoms with Gasteiger partial charge in [0.15, 0.2) is 6.10 Å². The molecule has 1 unspecified atom stereocenters. The second-order valence-corrected chi connectivity index (χ2v) is 17.3. The van der Waals surface area contributed by atoms with Crippen LogP contribution in [0.2, 0.25) is 0 Å². The first-order valence-electron chi connectivity index (χ1n) is 23.6. The van der Waals surface area contributed by atoms with Gasteiger partial charge in [-0.3, -0.25) is 14.1 Å². The molecule has 0 heterocycles. The molecular formula is C47H89O8P. The van der Waals surface area contributed by atoms with Crippen LogP contribution >= 0.6 is 7.82 Å². The fraction of sp³-hybridized carbons (Fsp3) is 0.872. The Hall–Kier alpha value is -1.47. The quantitative estimate of drug-likeness (QED) is 0.0270. The van der Waals surface area contributed by atoms with E-state index in [1.165, 1.54) is 154 Å². The molecule has 1 atom stereocenters. The molecule has 0 spiro atoms. The normalized spacial score (nSPS) is 12.6. The van der Waals surface area contributed by atoms with E-state index in [9.17, 15) is 14.2 Å². The van der Waals surface area contributed by atoms with Crippen molar-refractivity contribution in [2.75, 3.05) is 13.2 Å². The van der Waals surface area contributed by atoms with Crippen LogP contribution in [0.15, 0.2) is 24.3 Å². The first-order valence-corrected chi connectivity index (χ1v) is 25.2.